The summed E-state index contributed by atoms with van der Waals surface area (Å²) >= 11 is 8.20. The Balaban J connectivity index is 2.43. The van der Waals surface area contributed by atoms with Crippen LogP contribution in [0.4, 0.5) is 11.5 Å². The van der Waals surface area contributed by atoms with E-state index in [1.165, 1.54) is 6.33 Å². The van der Waals surface area contributed by atoms with Crippen LogP contribution >= 0.6 is 28.1 Å². The van der Waals surface area contributed by atoms with Gasteiger partial charge in [0.2, 0.25) is 0 Å². The lowest BCUT2D eigenvalue weighted by Gasteiger charge is -2.24. The van der Waals surface area contributed by atoms with E-state index in [1.807, 2.05) is 35.2 Å². The molecular weight excluding hydrogens is 340 g/mol. The van der Waals surface area contributed by atoms with E-state index in [1.54, 1.807) is 0 Å². The Morgan fingerprint density at radius 1 is 1.40 bits per heavy atom. The van der Waals surface area contributed by atoms with E-state index in [2.05, 4.69) is 25.9 Å². The molecule has 20 heavy (non-hydrogen) atoms. The number of rotatable bonds is 5. The highest BCUT2D eigenvalue weighted by molar-refractivity contribution is 9.10. The first-order valence-corrected chi connectivity index (χ1v) is 7.14. The highest BCUT2D eigenvalue weighted by atomic mass is 79.9. The molecule has 0 radical (unpaired) electrons. The molecule has 2 aromatic rings. The number of H-pyrrole nitrogens is 1. The molecule has 0 aliphatic heterocycles. The minimum atomic E-state index is -0.230. The summed E-state index contributed by atoms with van der Waals surface area (Å²) in [4.78, 5) is 20.8. The van der Waals surface area contributed by atoms with Gasteiger partial charge in [0.05, 0.1) is 11.3 Å². The summed E-state index contributed by atoms with van der Waals surface area (Å²) in [5.41, 5.74) is 6.26. The number of hydrogen-bond donors (Lipinski definition) is 2. The van der Waals surface area contributed by atoms with Crippen LogP contribution < -0.4 is 16.2 Å². The van der Waals surface area contributed by atoms with Crippen LogP contribution in [0.3, 0.4) is 0 Å². The first kappa shape index (κ1) is 14.7. The van der Waals surface area contributed by atoms with Crippen LogP contribution in [0.15, 0.2) is 45.9 Å². The molecule has 0 spiro atoms. The third-order valence-corrected chi connectivity index (χ3v) is 3.60. The fraction of sp³-hybridized carbons (Fsp3) is 0.154. The van der Waals surface area contributed by atoms with E-state index in [9.17, 15) is 4.79 Å². The smallest absolute Gasteiger partial charge is 0.267 e. The van der Waals surface area contributed by atoms with Crippen molar-refractivity contribution < 1.29 is 0 Å². The highest BCUT2D eigenvalue weighted by Crippen LogP contribution is 2.27. The molecular formula is C13H13BrN4OS. The molecule has 0 aliphatic rings. The lowest BCUT2D eigenvalue weighted by Crippen LogP contribution is -2.26. The van der Waals surface area contributed by atoms with E-state index < -0.39 is 0 Å². The number of benzene rings is 1. The van der Waals surface area contributed by atoms with Gasteiger partial charge in [-0.25, -0.2) is 4.98 Å². The number of anilines is 2. The Hall–Kier alpha value is -1.73. The molecule has 0 fully saturated rings. The zero-order valence-corrected chi connectivity index (χ0v) is 12.9. The first-order chi connectivity index (χ1) is 9.59. The maximum absolute atomic E-state index is 11.7. The van der Waals surface area contributed by atoms with Crippen molar-refractivity contribution in [2.75, 3.05) is 11.4 Å². The van der Waals surface area contributed by atoms with Crippen LogP contribution in [0.2, 0.25) is 0 Å². The van der Waals surface area contributed by atoms with Crippen molar-refractivity contribution in [1.29, 1.82) is 0 Å². The van der Waals surface area contributed by atoms with Gasteiger partial charge in [0.1, 0.15) is 4.47 Å². The Kier molecular flexibility index (Phi) is 4.86. The molecule has 0 aliphatic carbocycles. The lowest BCUT2D eigenvalue weighted by atomic mass is 10.2. The van der Waals surface area contributed by atoms with Crippen LogP contribution in [-0.4, -0.2) is 21.5 Å². The number of aromatic nitrogens is 2. The number of nitrogens with one attached hydrogen (secondary N) is 1. The second kappa shape index (κ2) is 6.62. The van der Waals surface area contributed by atoms with E-state index in [4.69, 9.17) is 18.0 Å². The van der Waals surface area contributed by atoms with Crippen LogP contribution in [0.5, 0.6) is 0 Å². The highest BCUT2D eigenvalue weighted by Gasteiger charge is 2.15. The largest absolute Gasteiger partial charge is 0.393 e. The molecule has 104 valence electrons. The number of aromatic amines is 1. The van der Waals surface area contributed by atoms with E-state index in [0.717, 1.165) is 5.69 Å². The number of halogens is 1. The zero-order chi connectivity index (χ0) is 14.5. The summed E-state index contributed by atoms with van der Waals surface area (Å²) in [6, 6.07) is 9.65. The summed E-state index contributed by atoms with van der Waals surface area (Å²) in [7, 11) is 0. The molecule has 0 unspecified atom stereocenters. The van der Waals surface area contributed by atoms with Crippen molar-refractivity contribution in [3.8, 4) is 0 Å². The molecule has 0 atom stereocenters. The third-order valence-electron chi connectivity index (χ3n) is 2.68. The van der Waals surface area contributed by atoms with Gasteiger partial charge in [-0.05, 0) is 28.1 Å². The van der Waals surface area contributed by atoms with Gasteiger partial charge in [0, 0.05) is 18.7 Å². The fourth-order valence-electron chi connectivity index (χ4n) is 1.75. The van der Waals surface area contributed by atoms with Crippen molar-refractivity contribution in [3.05, 3.63) is 51.5 Å². The van der Waals surface area contributed by atoms with E-state index in [-0.39, 0.29) is 5.56 Å². The van der Waals surface area contributed by atoms with Gasteiger partial charge in [0.15, 0.2) is 5.82 Å². The van der Waals surface area contributed by atoms with Crippen molar-refractivity contribution >= 4 is 44.6 Å². The van der Waals surface area contributed by atoms with Gasteiger partial charge < -0.3 is 15.6 Å². The second-order valence-corrected chi connectivity index (χ2v) is 5.39. The van der Waals surface area contributed by atoms with Crippen molar-refractivity contribution in [3.63, 3.8) is 0 Å². The van der Waals surface area contributed by atoms with Crippen LogP contribution in [-0.2, 0) is 0 Å². The van der Waals surface area contributed by atoms with Crippen LogP contribution in [0, 0.1) is 0 Å². The molecule has 2 rings (SSSR count). The van der Waals surface area contributed by atoms with Gasteiger partial charge >= 0.3 is 0 Å². The normalized spacial score (nSPS) is 10.2. The summed E-state index contributed by atoms with van der Waals surface area (Å²) in [5, 5.41) is 0. The quantitative estimate of drug-likeness (QED) is 0.807. The maximum atomic E-state index is 11.7. The summed E-state index contributed by atoms with van der Waals surface area (Å²) < 4.78 is 0.381. The number of nitrogens with zero attached hydrogens (tertiary/aromatic N) is 2. The standard InChI is InChI=1S/C13H13BrN4OS/c14-11-12(16-8-17-13(11)19)18(7-6-10(15)20)9-4-2-1-3-5-9/h1-5,8H,6-7H2,(H2,15,20)(H,16,17,19). The monoisotopic (exact) mass is 352 g/mol. The van der Waals surface area contributed by atoms with Gasteiger partial charge in [-0.1, -0.05) is 30.4 Å². The van der Waals surface area contributed by atoms with Crippen molar-refractivity contribution in [1.82, 2.24) is 9.97 Å². The molecule has 7 heteroatoms. The Morgan fingerprint density at radius 2 is 2.10 bits per heavy atom. The van der Waals surface area contributed by atoms with Gasteiger partial charge in [-0.3, -0.25) is 4.79 Å². The SMILES string of the molecule is NC(=S)CCN(c1ccccc1)c1nc[nH]c(=O)c1Br. The van der Waals surface area contributed by atoms with Crippen molar-refractivity contribution in [2.24, 2.45) is 5.73 Å². The van der Waals surface area contributed by atoms with Gasteiger partial charge in [-0.2, -0.15) is 0 Å². The van der Waals surface area contributed by atoms with E-state index in [0.29, 0.717) is 28.2 Å². The molecule has 1 aromatic carbocycles. The second-order valence-electron chi connectivity index (χ2n) is 4.07. The minimum absolute atomic E-state index is 0.230. The number of hydrogen-bond acceptors (Lipinski definition) is 4. The minimum Gasteiger partial charge on any atom is -0.393 e. The lowest BCUT2D eigenvalue weighted by molar-refractivity contribution is 0.923. The third kappa shape index (κ3) is 3.43. The summed E-state index contributed by atoms with van der Waals surface area (Å²) in [6.07, 6.45) is 1.91. The average molecular weight is 353 g/mol. The van der Waals surface area contributed by atoms with E-state index >= 15 is 0 Å². The summed E-state index contributed by atoms with van der Waals surface area (Å²) in [5.74, 6) is 0.538. The Morgan fingerprint density at radius 3 is 2.75 bits per heavy atom. The Bertz CT molecular complexity index is 659. The average Bonchev–Trinajstić information content (AvgIpc) is 2.44. The number of nitrogens with two attached hydrogens (primary N) is 1. The molecule has 5 nitrogen and oxygen atoms in total. The first-order valence-electron chi connectivity index (χ1n) is 5.93. The predicted molar refractivity (Wildman–Crippen MR) is 87.4 cm³/mol. The molecule has 0 amide bonds. The molecule has 0 saturated heterocycles. The fourth-order valence-corrected chi connectivity index (χ4v) is 2.27. The molecule has 3 N–H and O–H groups in total. The zero-order valence-electron chi connectivity index (χ0n) is 10.5. The predicted octanol–water partition coefficient (Wildman–Crippen LogP) is 2.35. The molecule has 1 heterocycles. The number of para-hydroxylation sites is 1. The topological polar surface area (TPSA) is 75.0 Å². The van der Waals surface area contributed by atoms with Crippen LogP contribution in [0.1, 0.15) is 6.42 Å². The van der Waals surface area contributed by atoms with Crippen LogP contribution in [0.25, 0.3) is 0 Å². The van der Waals surface area contributed by atoms with Crippen molar-refractivity contribution in [2.45, 2.75) is 6.42 Å². The molecule has 0 saturated carbocycles. The molecule has 0 bridgehead atoms. The van der Waals surface area contributed by atoms with Gasteiger partial charge in [-0.15, -0.1) is 0 Å². The summed E-state index contributed by atoms with van der Waals surface area (Å²) in [6.45, 7) is 0.550. The molecule has 1 aromatic heterocycles. The number of thiocarbonyl (C=S) groups is 1. The Labute approximate surface area is 130 Å². The van der Waals surface area contributed by atoms with Gasteiger partial charge in [0.25, 0.3) is 5.56 Å². The maximum Gasteiger partial charge on any atom is 0.267 e.